The Balaban J connectivity index is 3.36. The molecule has 64 valence electrons. The molecule has 1 N–H and O–H groups in total. The van der Waals surface area contributed by atoms with E-state index in [1.807, 2.05) is 0 Å². The number of benzene rings is 1. The number of Topliss-reactive ketones (excluding diaryl/α,β-unsaturated/α-hetero) is 1. The van der Waals surface area contributed by atoms with Crippen molar-refractivity contribution in [2.24, 2.45) is 0 Å². The summed E-state index contributed by atoms with van der Waals surface area (Å²) in [5.74, 6) is 0.172. The van der Waals surface area contributed by atoms with Gasteiger partial charge in [0.05, 0.1) is 4.47 Å². The average molecular weight is 229 g/mol. The molecular weight excluding hydrogens is 220 g/mol. The standard InChI is InChI=1S/C9H9BrO2/c1-5-7(6(2)11)3-4-8(12)9(5)10/h3-4,12H,1-2H3. The SMILES string of the molecule is CC(=O)c1ccc(O)c(Br)c1C. The normalized spacial score (nSPS) is 9.92. The lowest BCUT2D eigenvalue weighted by molar-refractivity contribution is 0.101. The van der Waals surface area contributed by atoms with Crippen LogP contribution in [0.25, 0.3) is 0 Å². The van der Waals surface area contributed by atoms with Gasteiger partial charge in [-0.2, -0.15) is 0 Å². The Morgan fingerprint density at radius 1 is 1.50 bits per heavy atom. The Morgan fingerprint density at radius 2 is 2.08 bits per heavy atom. The summed E-state index contributed by atoms with van der Waals surface area (Å²) in [4.78, 5) is 11.0. The first-order valence-corrected chi connectivity index (χ1v) is 4.32. The van der Waals surface area contributed by atoms with E-state index < -0.39 is 0 Å². The molecule has 1 aromatic rings. The minimum absolute atomic E-state index is 0.00759. The van der Waals surface area contributed by atoms with Gasteiger partial charge in [-0.15, -0.1) is 0 Å². The molecule has 0 atom stereocenters. The molecule has 0 saturated carbocycles. The van der Waals surface area contributed by atoms with Crippen LogP contribution in [0.2, 0.25) is 0 Å². The van der Waals surface area contributed by atoms with E-state index in [4.69, 9.17) is 0 Å². The molecule has 0 aromatic heterocycles. The van der Waals surface area contributed by atoms with Gasteiger partial charge < -0.3 is 5.11 Å². The minimum Gasteiger partial charge on any atom is -0.507 e. The monoisotopic (exact) mass is 228 g/mol. The molecule has 1 rings (SSSR count). The molecule has 0 fully saturated rings. The Hall–Kier alpha value is -0.830. The maximum absolute atomic E-state index is 11.0. The second-order valence-electron chi connectivity index (χ2n) is 2.63. The third-order valence-electron chi connectivity index (χ3n) is 1.75. The van der Waals surface area contributed by atoms with E-state index in [-0.39, 0.29) is 11.5 Å². The highest BCUT2D eigenvalue weighted by Crippen LogP contribution is 2.29. The number of phenolic OH excluding ortho intramolecular Hbond substituents is 1. The van der Waals surface area contributed by atoms with Crippen LogP contribution >= 0.6 is 15.9 Å². The van der Waals surface area contributed by atoms with Crippen LogP contribution in [0.5, 0.6) is 5.75 Å². The summed E-state index contributed by atoms with van der Waals surface area (Å²) in [5, 5.41) is 9.25. The number of hydrogen-bond donors (Lipinski definition) is 1. The highest BCUT2D eigenvalue weighted by molar-refractivity contribution is 9.10. The fourth-order valence-electron chi connectivity index (χ4n) is 1.05. The zero-order chi connectivity index (χ0) is 9.30. The predicted octanol–water partition coefficient (Wildman–Crippen LogP) is 2.67. The average Bonchev–Trinajstić information content (AvgIpc) is 2.00. The summed E-state index contributed by atoms with van der Waals surface area (Å²) in [6, 6.07) is 3.13. The molecule has 0 aliphatic carbocycles. The van der Waals surface area contributed by atoms with Gasteiger partial charge in [-0.25, -0.2) is 0 Å². The van der Waals surface area contributed by atoms with Crippen molar-refractivity contribution in [2.75, 3.05) is 0 Å². The van der Waals surface area contributed by atoms with Gasteiger partial charge in [0.1, 0.15) is 5.75 Å². The molecule has 0 saturated heterocycles. The maximum Gasteiger partial charge on any atom is 0.160 e. The van der Waals surface area contributed by atoms with Crippen molar-refractivity contribution in [3.63, 3.8) is 0 Å². The van der Waals surface area contributed by atoms with Gasteiger partial charge in [0.2, 0.25) is 0 Å². The molecule has 0 aliphatic rings. The summed E-state index contributed by atoms with van der Waals surface area (Å²) in [6.07, 6.45) is 0. The van der Waals surface area contributed by atoms with Crippen molar-refractivity contribution in [1.82, 2.24) is 0 Å². The number of ketones is 1. The zero-order valence-electron chi connectivity index (χ0n) is 6.89. The summed E-state index contributed by atoms with van der Waals surface area (Å²) in [5.41, 5.74) is 1.42. The molecule has 0 amide bonds. The first kappa shape index (κ1) is 9.26. The quantitative estimate of drug-likeness (QED) is 0.751. The van der Waals surface area contributed by atoms with Crippen molar-refractivity contribution in [3.05, 3.63) is 27.7 Å². The zero-order valence-corrected chi connectivity index (χ0v) is 8.47. The summed E-state index contributed by atoms with van der Waals surface area (Å²) in [6.45, 7) is 3.30. The third-order valence-corrected chi connectivity index (χ3v) is 2.75. The van der Waals surface area contributed by atoms with Crippen molar-refractivity contribution in [1.29, 1.82) is 0 Å². The van der Waals surface area contributed by atoms with Crippen molar-refractivity contribution < 1.29 is 9.90 Å². The molecule has 0 aliphatic heterocycles. The summed E-state index contributed by atoms with van der Waals surface area (Å²) >= 11 is 3.20. The molecule has 2 nitrogen and oxygen atoms in total. The Morgan fingerprint density at radius 3 is 2.58 bits per heavy atom. The van der Waals surface area contributed by atoms with Crippen LogP contribution in [-0.2, 0) is 0 Å². The number of halogens is 1. The first-order valence-electron chi connectivity index (χ1n) is 3.53. The topological polar surface area (TPSA) is 37.3 Å². The highest BCUT2D eigenvalue weighted by atomic mass is 79.9. The highest BCUT2D eigenvalue weighted by Gasteiger charge is 2.09. The van der Waals surface area contributed by atoms with Crippen molar-refractivity contribution >= 4 is 21.7 Å². The van der Waals surface area contributed by atoms with Gasteiger partial charge in [0, 0.05) is 5.56 Å². The lowest BCUT2D eigenvalue weighted by Crippen LogP contribution is -1.96. The molecule has 0 spiro atoms. The van der Waals surface area contributed by atoms with Crippen LogP contribution in [0.3, 0.4) is 0 Å². The van der Waals surface area contributed by atoms with Crippen LogP contribution in [0.4, 0.5) is 0 Å². The smallest absolute Gasteiger partial charge is 0.160 e. The molecule has 0 bridgehead atoms. The maximum atomic E-state index is 11.0. The minimum atomic E-state index is 0.00759. The number of hydrogen-bond acceptors (Lipinski definition) is 2. The van der Waals surface area contributed by atoms with Gasteiger partial charge >= 0.3 is 0 Å². The van der Waals surface area contributed by atoms with E-state index in [1.165, 1.54) is 13.0 Å². The summed E-state index contributed by atoms with van der Waals surface area (Å²) in [7, 11) is 0. The van der Waals surface area contributed by atoms with Gasteiger partial charge in [-0.3, -0.25) is 4.79 Å². The Kier molecular flexibility index (Phi) is 2.52. The number of phenols is 1. The number of rotatable bonds is 1. The van der Waals surface area contributed by atoms with Crippen molar-refractivity contribution in [2.45, 2.75) is 13.8 Å². The second-order valence-corrected chi connectivity index (χ2v) is 3.42. The fourth-order valence-corrected chi connectivity index (χ4v) is 1.40. The molecule has 0 radical (unpaired) electrons. The Bertz CT molecular complexity index is 332. The van der Waals surface area contributed by atoms with E-state index in [0.29, 0.717) is 10.0 Å². The van der Waals surface area contributed by atoms with Gasteiger partial charge in [0.25, 0.3) is 0 Å². The van der Waals surface area contributed by atoms with Crippen LogP contribution in [0.15, 0.2) is 16.6 Å². The van der Waals surface area contributed by atoms with E-state index in [9.17, 15) is 9.90 Å². The van der Waals surface area contributed by atoms with Crippen LogP contribution < -0.4 is 0 Å². The van der Waals surface area contributed by atoms with Gasteiger partial charge in [0.15, 0.2) is 5.78 Å². The molecular formula is C9H9BrO2. The van der Waals surface area contributed by atoms with Crippen LogP contribution in [-0.4, -0.2) is 10.9 Å². The van der Waals surface area contributed by atoms with E-state index in [1.54, 1.807) is 13.0 Å². The molecule has 12 heavy (non-hydrogen) atoms. The second kappa shape index (κ2) is 3.27. The summed E-state index contributed by atoms with van der Waals surface area (Å²) < 4.78 is 0.593. The van der Waals surface area contributed by atoms with Gasteiger partial charge in [-0.05, 0) is 47.5 Å². The first-order chi connectivity index (χ1) is 5.54. The van der Waals surface area contributed by atoms with E-state index >= 15 is 0 Å². The lowest BCUT2D eigenvalue weighted by Gasteiger charge is -2.05. The van der Waals surface area contributed by atoms with Gasteiger partial charge in [-0.1, -0.05) is 0 Å². The molecule has 1 aromatic carbocycles. The van der Waals surface area contributed by atoms with Crippen molar-refractivity contribution in [3.8, 4) is 5.75 Å². The third kappa shape index (κ3) is 1.50. The number of aromatic hydroxyl groups is 1. The fraction of sp³-hybridized carbons (Fsp3) is 0.222. The predicted molar refractivity (Wildman–Crippen MR) is 50.5 cm³/mol. The van der Waals surface area contributed by atoms with Crippen LogP contribution in [0, 0.1) is 6.92 Å². The number of carbonyl (C=O) groups excluding carboxylic acids is 1. The van der Waals surface area contributed by atoms with E-state index in [0.717, 1.165) is 5.56 Å². The largest absolute Gasteiger partial charge is 0.507 e. The molecule has 3 heteroatoms. The molecule has 0 unspecified atom stereocenters. The van der Waals surface area contributed by atoms with Crippen LogP contribution in [0.1, 0.15) is 22.8 Å². The van der Waals surface area contributed by atoms with E-state index in [2.05, 4.69) is 15.9 Å². The lowest BCUT2D eigenvalue weighted by atomic mass is 10.1. The Labute approximate surface area is 79.3 Å². The molecule has 0 heterocycles. The number of carbonyl (C=O) groups is 1.